The molecule has 0 aromatic heterocycles. The Balaban J connectivity index is 2.17. The molecule has 4 nitrogen and oxygen atoms in total. The van der Waals surface area contributed by atoms with Gasteiger partial charge in [0.15, 0.2) is 11.5 Å². The SMILES string of the molecule is COc1cc(Cl)c(CCON)cc1OC1CCC1. The van der Waals surface area contributed by atoms with Crippen LogP contribution in [0, 0.1) is 0 Å². The Kier molecular flexibility index (Phi) is 4.69. The van der Waals surface area contributed by atoms with Crippen molar-refractivity contribution in [3.63, 3.8) is 0 Å². The van der Waals surface area contributed by atoms with Crippen LogP contribution in [0.2, 0.25) is 5.02 Å². The molecule has 0 unspecified atom stereocenters. The van der Waals surface area contributed by atoms with Gasteiger partial charge in [-0.15, -0.1) is 0 Å². The fraction of sp³-hybridized carbons (Fsp3) is 0.538. The van der Waals surface area contributed by atoms with Gasteiger partial charge < -0.3 is 14.3 Å². The number of benzene rings is 1. The van der Waals surface area contributed by atoms with Crippen LogP contribution in [0.3, 0.4) is 0 Å². The third-order valence-corrected chi connectivity index (χ3v) is 3.52. The standard InChI is InChI=1S/C13H18ClNO3/c1-16-12-8-11(14)9(5-6-17-15)7-13(12)18-10-3-2-4-10/h7-8,10H,2-6,15H2,1H3. The molecule has 0 aliphatic heterocycles. The Morgan fingerprint density at radius 1 is 1.33 bits per heavy atom. The minimum Gasteiger partial charge on any atom is -0.493 e. The molecular weight excluding hydrogens is 254 g/mol. The first-order chi connectivity index (χ1) is 8.74. The molecule has 1 aliphatic rings. The van der Waals surface area contributed by atoms with E-state index in [1.807, 2.05) is 6.07 Å². The van der Waals surface area contributed by atoms with Gasteiger partial charge in [0.25, 0.3) is 0 Å². The van der Waals surface area contributed by atoms with E-state index in [-0.39, 0.29) is 0 Å². The summed E-state index contributed by atoms with van der Waals surface area (Å²) in [7, 11) is 1.61. The largest absolute Gasteiger partial charge is 0.493 e. The van der Waals surface area contributed by atoms with E-state index < -0.39 is 0 Å². The number of halogens is 1. The Morgan fingerprint density at radius 2 is 2.11 bits per heavy atom. The van der Waals surface area contributed by atoms with Gasteiger partial charge in [0.05, 0.1) is 19.8 Å². The third kappa shape index (κ3) is 3.07. The van der Waals surface area contributed by atoms with Crippen LogP contribution in [0.1, 0.15) is 24.8 Å². The van der Waals surface area contributed by atoms with Gasteiger partial charge >= 0.3 is 0 Å². The molecule has 1 aliphatic carbocycles. The highest BCUT2D eigenvalue weighted by Crippen LogP contribution is 2.36. The van der Waals surface area contributed by atoms with Crippen molar-refractivity contribution in [3.05, 3.63) is 22.7 Å². The van der Waals surface area contributed by atoms with Gasteiger partial charge in [-0.25, -0.2) is 5.90 Å². The summed E-state index contributed by atoms with van der Waals surface area (Å²) in [5.41, 5.74) is 0.956. The highest BCUT2D eigenvalue weighted by molar-refractivity contribution is 6.31. The maximum atomic E-state index is 6.17. The smallest absolute Gasteiger partial charge is 0.162 e. The number of hydrogen-bond acceptors (Lipinski definition) is 4. The maximum Gasteiger partial charge on any atom is 0.162 e. The molecule has 1 fully saturated rings. The van der Waals surface area contributed by atoms with Gasteiger partial charge in [0, 0.05) is 11.1 Å². The number of hydrogen-bond donors (Lipinski definition) is 1. The lowest BCUT2D eigenvalue weighted by atomic mass is 9.96. The summed E-state index contributed by atoms with van der Waals surface area (Å²) in [4.78, 5) is 4.58. The third-order valence-electron chi connectivity index (χ3n) is 3.17. The van der Waals surface area contributed by atoms with Gasteiger partial charge in [-0.3, -0.25) is 0 Å². The number of rotatable bonds is 6. The van der Waals surface area contributed by atoms with Crippen molar-refractivity contribution in [1.82, 2.24) is 0 Å². The fourth-order valence-electron chi connectivity index (χ4n) is 1.86. The highest BCUT2D eigenvalue weighted by atomic mass is 35.5. The van der Waals surface area contributed by atoms with Crippen LogP contribution < -0.4 is 15.4 Å². The first-order valence-corrected chi connectivity index (χ1v) is 6.47. The fourth-order valence-corrected chi connectivity index (χ4v) is 2.11. The summed E-state index contributed by atoms with van der Waals surface area (Å²) in [6.07, 6.45) is 4.40. The van der Waals surface area contributed by atoms with Gasteiger partial charge in [-0.1, -0.05) is 11.6 Å². The van der Waals surface area contributed by atoms with Crippen LogP contribution in [0.15, 0.2) is 12.1 Å². The van der Waals surface area contributed by atoms with Crippen LogP contribution in [-0.2, 0) is 11.3 Å². The lowest BCUT2D eigenvalue weighted by molar-refractivity contribution is 0.115. The molecule has 18 heavy (non-hydrogen) atoms. The van der Waals surface area contributed by atoms with Gasteiger partial charge in [0.2, 0.25) is 0 Å². The molecule has 0 saturated heterocycles. The molecule has 2 N–H and O–H groups in total. The zero-order valence-corrected chi connectivity index (χ0v) is 11.2. The Morgan fingerprint density at radius 3 is 2.67 bits per heavy atom. The van der Waals surface area contributed by atoms with Gasteiger partial charge in [-0.2, -0.15) is 0 Å². The zero-order valence-electron chi connectivity index (χ0n) is 10.4. The Hall–Kier alpha value is -0.970. The topological polar surface area (TPSA) is 53.7 Å². The summed E-state index contributed by atoms with van der Waals surface area (Å²) < 4.78 is 11.2. The van der Waals surface area contributed by atoms with E-state index in [1.54, 1.807) is 13.2 Å². The summed E-state index contributed by atoms with van der Waals surface area (Å²) in [5, 5.41) is 0.643. The second-order valence-corrected chi connectivity index (χ2v) is 4.79. The van der Waals surface area contributed by atoms with Crippen molar-refractivity contribution in [2.75, 3.05) is 13.7 Å². The quantitative estimate of drug-likeness (QED) is 0.809. The number of methoxy groups -OCH3 is 1. The molecule has 0 atom stereocenters. The second kappa shape index (κ2) is 6.27. The molecule has 0 bridgehead atoms. The summed E-state index contributed by atoms with van der Waals surface area (Å²) in [6, 6.07) is 3.69. The number of nitrogens with two attached hydrogens (primary N) is 1. The van der Waals surface area contributed by atoms with E-state index in [2.05, 4.69) is 4.84 Å². The summed E-state index contributed by atoms with van der Waals surface area (Å²) in [5.74, 6) is 6.45. The average Bonchev–Trinajstić information content (AvgIpc) is 2.33. The zero-order chi connectivity index (χ0) is 13.0. The highest BCUT2D eigenvalue weighted by Gasteiger charge is 2.21. The molecule has 2 rings (SSSR count). The molecule has 1 aromatic carbocycles. The first kappa shape index (κ1) is 13.5. The average molecular weight is 272 g/mol. The second-order valence-electron chi connectivity index (χ2n) is 4.39. The van der Waals surface area contributed by atoms with Crippen molar-refractivity contribution < 1.29 is 14.3 Å². The van der Waals surface area contributed by atoms with Crippen molar-refractivity contribution in [2.24, 2.45) is 5.90 Å². The van der Waals surface area contributed by atoms with E-state index in [1.165, 1.54) is 6.42 Å². The van der Waals surface area contributed by atoms with E-state index >= 15 is 0 Å². The number of ether oxygens (including phenoxy) is 2. The van der Waals surface area contributed by atoms with Crippen molar-refractivity contribution >= 4 is 11.6 Å². The lowest BCUT2D eigenvalue weighted by Crippen LogP contribution is -2.24. The minimum atomic E-state index is 0.304. The summed E-state index contributed by atoms with van der Waals surface area (Å²) >= 11 is 6.17. The molecule has 1 aromatic rings. The van der Waals surface area contributed by atoms with Crippen LogP contribution >= 0.6 is 11.6 Å². The Labute approximate surface area is 112 Å². The van der Waals surface area contributed by atoms with Crippen LogP contribution in [0.25, 0.3) is 0 Å². The van der Waals surface area contributed by atoms with E-state index in [0.29, 0.717) is 29.9 Å². The van der Waals surface area contributed by atoms with E-state index in [9.17, 15) is 0 Å². The molecule has 100 valence electrons. The van der Waals surface area contributed by atoms with Crippen molar-refractivity contribution in [1.29, 1.82) is 0 Å². The maximum absolute atomic E-state index is 6.17. The molecule has 1 saturated carbocycles. The molecule has 0 spiro atoms. The molecule has 0 radical (unpaired) electrons. The van der Waals surface area contributed by atoms with E-state index in [4.69, 9.17) is 27.0 Å². The van der Waals surface area contributed by atoms with Gasteiger partial charge in [-0.05, 0) is 37.3 Å². The molecular formula is C13H18ClNO3. The lowest BCUT2D eigenvalue weighted by Gasteiger charge is -2.27. The predicted molar refractivity (Wildman–Crippen MR) is 70.1 cm³/mol. The van der Waals surface area contributed by atoms with Gasteiger partial charge in [0.1, 0.15) is 0 Å². The van der Waals surface area contributed by atoms with Crippen LogP contribution in [0.5, 0.6) is 11.5 Å². The molecule has 0 amide bonds. The molecule has 5 heteroatoms. The normalized spacial score (nSPS) is 15.3. The van der Waals surface area contributed by atoms with Crippen LogP contribution in [0.4, 0.5) is 0 Å². The van der Waals surface area contributed by atoms with Crippen LogP contribution in [-0.4, -0.2) is 19.8 Å². The first-order valence-electron chi connectivity index (χ1n) is 6.09. The predicted octanol–water partition coefficient (Wildman–Crippen LogP) is 2.71. The Bertz CT molecular complexity index is 407. The molecule has 0 heterocycles. The van der Waals surface area contributed by atoms with E-state index in [0.717, 1.165) is 24.2 Å². The van der Waals surface area contributed by atoms with Crippen molar-refractivity contribution in [3.8, 4) is 11.5 Å². The summed E-state index contributed by atoms with van der Waals surface area (Å²) in [6.45, 7) is 0.426. The minimum absolute atomic E-state index is 0.304. The van der Waals surface area contributed by atoms with Crippen molar-refractivity contribution in [2.45, 2.75) is 31.8 Å². The monoisotopic (exact) mass is 271 g/mol.